The van der Waals surface area contributed by atoms with Crippen molar-refractivity contribution < 1.29 is 9.47 Å². The van der Waals surface area contributed by atoms with Gasteiger partial charge in [-0.05, 0) is 26.0 Å². The van der Waals surface area contributed by atoms with E-state index in [1.165, 1.54) is 0 Å². The number of para-hydroxylation sites is 2. The molecule has 0 saturated heterocycles. The number of hydrogen-bond acceptors (Lipinski definition) is 5. The van der Waals surface area contributed by atoms with E-state index in [9.17, 15) is 0 Å². The molecule has 0 bridgehead atoms. The smallest absolute Gasteiger partial charge is 0.161 e. The number of ether oxygens (including phenoxy) is 2. The van der Waals surface area contributed by atoms with Crippen LogP contribution in [0.4, 0.5) is 0 Å². The highest BCUT2D eigenvalue weighted by Crippen LogP contribution is 2.31. The molecule has 1 aliphatic heterocycles. The summed E-state index contributed by atoms with van der Waals surface area (Å²) in [6.45, 7) is 4.59. The Bertz CT molecular complexity index is 611. The van der Waals surface area contributed by atoms with Crippen molar-refractivity contribution in [3.8, 4) is 11.5 Å². The van der Waals surface area contributed by atoms with Gasteiger partial charge >= 0.3 is 0 Å². The highest BCUT2D eigenvalue weighted by molar-refractivity contribution is 5.40. The zero-order valence-electron chi connectivity index (χ0n) is 12.3. The highest BCUT2D eigenvalue weighted by atomic mass is 16.6. The third-order valence-corrected chi connectivity index (χ3v) is 3.56. The third-order valence-electron chi connectivity index (χ3n) is 3.56. The normalized spacial score (nSPS) is 18.8. The van der Waals surface area contributed by atoms with Gasteiger partial charge in [0.1, 0.15) is 24.9 Å². The van der Waals surface area contributed by atoms with Gasteiger partial charge in [0.25, 0.3) is 0 Å². The van der Waals surface area contributed by atoms with Gasteiger partial charge in [0.05, 0.1) is 6.04 Å². The van der Waals surface area contributed by atoms with Crippen LogP contribution in [-0.4, -0.2) is 33.5 Å². The van der Waals surface area contributed by atoms with Crippen LogP contribution >= 0.6 is 0 Å². The highest BCUT2D eigenvalue weighted by Gasteiger charge is 2.27. The maximum absolute atomic E-state index is 6.28. The fourth-order valence-corrected chi connectivity index (χ4v) is 2.44. The van der Waals surface area contributed by atoms with Crippen LogP contribution in [0.2, 0.25) is 0 Å². The van der Waals surface area contributed by atoms with E-state index < -0.39 is 0 Å². The van der Waals surface area contributed by atoms with E-state index in [0.29, 0.717) is 13.0 Å². The second-order valence-electron chi connectivity index (χ2n) is 5.50. The fraction of sp³-hybridized carbons (Fsp3) is 0.467. The Labute approximate surface area is 123 Å². The molecule has 2 heterocycles. The van der Waals surface area contributed by atoms with E-state index in [-0.39, 0.29) is 18.2 Å². The molecular weight excluding hydrogens is 268 g/mol. The lowest BCUT2D eigenvalue weighted by atomic mass is 10.1. The van der Waals surface area contributed by atoms with Gasteiger partial charge in [-0.3, -0.25) is 0 Å². The first-order valence-electron chi connectivity index (χ1n) is 7.17. The summed E-state index contributed by atoms with van der Waals surface area (Å²) in [5, 5.41) is 4.23. The summed E-state index contributed by atoms with van der Waals surface area (Å²) in [5.74, 6) is 2.39. The van der Waals surface area contributed by atoms with Crippen LogP contribution < -0.4 is 15.2 Å². The van der Waals surface area contributed by atoms with Gasteiger partial charge in [0, 0.05) is 12.5 Å². The molecule has 0 aliphatic carbocycles. The molecule has 6 heteroatoms. The van der Waals surface area contributed by atoms with Gasteiger partial charge in [-0.15, -0.1) is 0 Å². The topological polar surface area (TPSA) is 75.2 Å². The van der Waals surface area contributed by atoms with Crippen LogP contribution in [0.5, 0.6) is 11.5 Å². The van der Waals surface area contributed by atoms with E-state index >= 15 is 0 Å². The predicted molar refractivity (Wildman–Crippen MR) is 78.4 cm³/mol. The molecule has 112 valence electrons. The van der Waals surface area contributed by atoms with Gasteiger partial charge in [-0.2, -0.15) is 5.10 Å². The first-order valence-corrected chi connectivity index (χ1v) is 7.17. The lowest BCUT2D eigenvalue weighted by Crippen LogP contribution is -2.46. The molecule has 3 rings (SSSR count). The molecule has 2 N–H and O–H groups in total. The van der Waals surface area contributed by atoms with E-state index in [1.807, 2.05) is 28.9 Å². The van der Waals surface area contributed by atoms with Crippen molar-refractivity contribution in [1.82, 2.24) is 14.8 Å². The molecule has 6 nitrogen and oxygen atoms in total. The molecule has 0 fully saturated rings. The monoisotopic (exact) mass is 288 g/mol. The average molecular weight is 288 g/mol. The second kappa shape index (κ2) is 5.73. The molecule has 0 spiro atoms. The maximum atomic E-state index is 6.28. The Morgan fingerprint density at radius 1 is 1.33 bits per heavy atom. The van der Waals surface area contributed by atoms with Crippen LogP contribution in [-0.2, 0) is 6.42 Å². The molecule has 2 atom stereocenters. The van der Waals surface area contributed by atoms with Crippen molar-refractivity contribution in [3.63, 3.8) is 0 Å². The molecule has 2 aromatic rings. The number of nitrogens with two attached hydrogens (primary N) is 1. The number of fused-ring (bicyclic) bond motifs is 1. The summed E-state index contributed by atoms with van der Waals surface area (Å²) < 4.78 is 13.5. The molecular formula is C15H20N4O2. The Kier molecular flexibility index (Phi) is 3.79. The van der Waals surface area contributed by atoms with Gasteiger partial charge in [0.2, 0.25) is 0 Å². The zero-order chi connectivity index (χ0) is 14.8. The molecule has 0 amide bonds. The van der Waals surface area contributed by atoms with E-state index in [0.717, 1.165) is 17.3 Å². The quantitative estimate of drug-likeness (QED) is 0.924. The zero-order valence-corrected chi connectivity index (χ0v) is 12.3. The fourth-order valence-electron chi connectivity index (χ4n) is 2.44. The van der Waals surface area contributed by atoms with Crippen molar-refractivity contribution >= 4 is 0 Å². The van der Waals surface area contributed by atoms with Crippen LogP contribution in [0.25, 0.3) is 0 Å². The standard InChI is InChI=1S/C15H20N4O2/c1-10(2)19-15(17-9-18-19)7-11(16)14-8-20-12-5-3-4-6-13(12)21-14/h3-6,9-11,14H,7-8,16H2,1-2H3. The maximum Gasteiger partial charge on any atom is 0.161 e. The number of benzene rings is 1. The molecule has 2 unspecified atom stereocenters. The Morgan fingerprint density at radius 3 is 2.86 bits per heavy atom. The first kappa shape index (κ1) is 13.9. The lowest BCUT2D eigenvalue weighted by Gasteiger charge is -2.30. The van der Waals surface area contributed by atoms with Crippen molar-refractivity contribution in [1.29, 1.82) is 0 Å². The molecule has 21 heavy (non-hydrogen) atoms. The summed E-state index contributed by atoms with van der Waals surface area (Å²) >= 11 is 0. The van der Waals surface area contributed by atoms with Gasteiger partial charge in [-0.25, -0.2) is 9.67 Å². The molecule has 1 aliphatic rings. The molecule has 0 saturated carbocycles. The molecule has 1 aromatic carbocycles. The van der Waals surface area contributed by atoms with Crippen LogP contribution in [0, 0.1) is 0 Å². The first-order chi connectivity index (χ1) is 10.1. The minimum Gasteiger partial charge on any atom is -0.486 e. The largest absolute Gasteiger partial charge is 0.486 e. The van der Waals surface area contributed by atoms with Crippen molar-refractivity contribution in [2.45, 2.75) is 38.5 Å². The Balaban J connectivity index is 1.69. The molecule has 1 aromatic heterocycles. The minimum atomic E-state index is -0.194. The summed E-state index contributed by atoms with van der Waals surface area (Å²) in [5.41, 5.74) is 6.28. The van der Waals surface area contributed by atoms with E-state index in [1.54, 1.807) is 6.33 Å². The van der Waals surface area contributed by atoms with Gasteiger partial charge in [-0.1, -0.05) is 12.1 Å². The summed E-state index contributed by atoms with van der Waals surface area (Å²) in [4.78, 5) is 4.29. The van der Waals surface area contributed by atoms with Crippen molar-refractivity contribution in [2.75, 3.05) is 6.61 Å². The van der Waals surface area contributed by atoms with Crippen LogP contribution in [0.1, 0.15) is 25.7 Å². The Morgan fingerprint density at radius 2 is 2.10 bits per heavy atom. The van der Waals surface area contributed by atoms with Crippen LogP contribution in [0.15, 0.2) is 30.6 Å². The van der Waals surface area contributed by atoms with Gasteiger partial charge < -0.3 is 15.2 Å². The third kappa shape index (κ3) is 2.85. The van der Waals surface area contributed by atoms with E-state index in [4.69, 9.17) is 15.2 Å². The van der Waals surface area contributed by atoms with Crippen LogP contribution in [0.3, 0.4) is 0 Å². The predicted octanol–water partition coefficient (Wildman–Crippen LogP) is 1.57. The number of hydrogen-bond donors (Lipinski definition) is 1. The van der Waals surface area contributed by atoms with Crippen molar-refractivity contribution in [2.24, 2.45) is 5.73 Å². The number of nitrogens with zero attached hydrogens (tertiary/aromatic N) is 3. The SMILES string of the molecule is CC(C)n1ncnc1CC(N)C1COc2ccccc2O1. The number of aromatic nitrogens is 3. The van der Waals surface area contributed by atoms with Gasteiger partial charge in [0.15, 0.2) is 11.5 Å². The Hall–Kier alpha value is -2.08. The lowest BCUT2D eigenvalue weighted by molar-refractivity contribution is 0.0714. The molecule has 0 radical (unpaired) electrons. The van der Waals surface area contributed by atoms with Crippen molar-refractivity contribution in [3.05, 3.63) is 36.4 Å². The second-order valence-corrected chi connectivity index (χ2v) is 5.50. The minimum absolute atomic E-state index is 0.183. The average Bonchev–Trinajstić information content (AvgIpc) is 2.95. The number of rotatable bonds is 4. The van der Waals surface area contributed by atoms with E-state index in [2.05, 4.69) is 23.9 Å². The summed E-state index contributed by atoms with van der Waals surface area (Å²) in [7, 11) is 0. The summed E-state index contributed by atoms with van der Waals surface area (Å²) in [6, 6.07) is 7.70. The summed E-state index contributed by atoms with van der Waals surface area (Å²) in [6.07, 6.45) is 1.99.